The van der Waals surface area contributed by atoms with Gasteiger partial charge in [0.2, 0.25) is 0 Å². The minimum absolute atomic E-state index is 0.609. The van der Waals surface area contributed by atoms with Crippen LogP contribution in [0.15, 0.2) is 59.8 Å². The molecule has 0 spiro atoms. The lowest BCUT2D eigenvalue weighted by Crippen LogP contribution is -2.04. The van der Waals surface area contributed by atoms with Gasteiger partial charge in [0.05, 0.1) is 0 Å². The van der Waals surface area contributed by atoms with Gasteiger partial charge in [-0.3, -0.25) is 0 Å². The van der Waals surface area contributed by atoms with Gasteiger partial charge in [0.25, 0.3) is 0 Å². The third kappa shape index (κ3) is 12.2. The molecular formula is C24H40. The Morgan fingerprint density at radius 2 is 1.71 bits per heavy atom. The van der Waals surface area contributed by atoms with Crippen LogP contribution in [0.4, 0.5) is 0 Å². The summed E-state index contributed by atoms with van der Waals surface area (Å²) in [6.07, 6.45) is 20.7. The van der Waals surface area contributed by atoms with Crippen molar-refractivity contribution in [2.45, 2.75) is 80.1 Å². The molecule has 0 aromatic heterocycles. The molecule has 0 nitrogen and oxygen atoms in total. The summed E-state index contributed by atoms with van der Waals surface area (Å²) in [5.41, 5.74) is 4.46. The van der Waals surface area contributed by atoms with Crippen molar-refractivity contribution in [1.82, 2.24) is 0 Å². The molecule has 0 aromatic rings. The van der Waals surface area contributed by atoms with Gasteiger partial charge in [-0.25, -0.2) is 0 Å². The predicted octanol–water partition coefficient (Wildman–Crippen LogP) is 8.20. The fraction of sp³-hybridized carbons (Fsp3) is 0.583. The second-order valence-corrected chi connectivity index (χ2v) is 7.35. The number of rotatable bonds is 12. The lowest BCUT2D eigenvalue weighted by molar-refractivity contribution is 0.491. The molecule has 0 fully saturated rings. The van der Waals surface area contributed by atoms with E-state index in [-0.39, 0.29) is 0 Å². The van der Waals surface area contributed by atoms with Crippen molar-refractivity contribution in [3.05, 3.63) is 59.8 Å². The molecule has 136 valence electrons. The summed E-state index contributed by atoms with van der Waals surface area (Å²) in [6, 6.07) is 0. The summed E-state index contributed by atoms with van der Waals surface area (Å²) in [6.45, 7) is 17.2. The van der Waals surface area contributed by atoms with Crippen LogP contribution in [-0.4, -0.2) is 0 Å². The summed E-state index contributed by atoms with van der Waals surface area (Å²) >= 11 is 0. The molecule has 24 heavy (non-hydrogen) atoms. The maximum absolute atomic E-state index is 3.93. The normalized spacial score (nSPS) is 15.4. The molecule has 0 heteroatoms. The van der Waals surface area contributed by atoms with Crippen LogP contribution in [0.5, 0.6) is 0 Å². The minimum Gasteiger partial charge on any atom is -0.103 e. The van der Waals surface area contributed by atoms with Crippen LogP contribution in [0.25, 0.3) is 0 Å². The van der Waals surface area contributed by atoms with Gasteiger partial charge >= 0.3 is 0 Å². The highest BCUT2D eigenvalue weighted by Crippen LogP contribution is 2.25. The Balaban J connectivity index is 4.81. The molecule has 0 aliphatic heterocycles. The molecule has 0 aliphatic rings. The first-order valence-corrected chi connectivity index (χ1v) is 9.60. The fourth-order valence-corrected chi connectivity index (χ4v) is 2.68. The average molecular weight is 329 g/mol. The van der Waals surface area contributed by atoms with Crippen LogP contribution in [-0.2, 0) is 0 Å². The Morgan fingerprint density at radius 1 is 1.00 bits per heavy atom. The standard InChI is InChI=1S/C24H40/c1-8-10-11-14-22(6)17-19-24(18-16-21(5)9-2)23(7)15-12-13-20(3)4/h8-10,13,15,17,21,24H,2,11-12,14,16,18-19H2,1,3-7H3/b10-8+,22-17+,23-15+/t21-,24+/m0/s1. The van der Waals surface area contributed by atoms with Gasteiger partial charge in [0.15, 0.2) is 0 Å². The molecule has 0 bridgehead atoms. The van der Waals surface area contributed by atoms with Crippen molar-refractivity contribution in [3.8, 4) is 0 Å². The monoisotopic (exact) mass is 328 g/mol. The maximum Gasteiger partial charge on any atom is -0.0164 e. The molecule has 0 heterocycles. The number of allylic oxidation sites excluding steroid dienone is 9. The average Bonchev–Trinajstić information content (AvgIpc) is 2.54. The maximum atomic E-state index is 3.93. The van der Waals surface area contributed by atoms with E-state index in [1.165, 1.54) is 36.8 Å². The highest BCUT2D eigenvalue weighted by Gasteiger charge is 2.11. The van der Waals surface area contributed by atoms with Crippen molar-refractivity contribution in [3.63, 3.8) is 0 Å². The summed E-state index contributed by atoms with van der Waals surface area (Å²) in [5, 5.41) is 0. The lowest BCUT2D eigenvalue weighted by Gasteiger charge is -2.18. The van der Waals surface area contributed by atoms with Crippen molar-refractivity contribution in [2.75, 3.05) is 0 Å². The second-order valence-electron chi connectivity index (χ2n) is 7.35. The van der Waals surface area contributed by atoms with E-state index in [1.807, 2.05) is 0 Å². The zero-order valence-corrected chi connectivity index (χ0v) is 17.1. The Morgan fingerprint density at radius 3 is 2.29 bits per heavy atom. The summed E-state index contributed by atoms with van der Waals surface area (Å²) in [5.74, 6) is 1.27. The topological polar surface area (TPSA) is 0 Å². The Kier molecular flexibility index (Phi) is 13.3. The summed E-state index contributed by atoms with van der Waals surface area (Å²) in [7, 11) is 0. The molecular weight excluding hydrogens is 288 g/mol. The Hall–Kier alpha value is -1.30. The molecule has 0 radical (unpaired) electrons. The minimum atomic E-state index is 0.609. The first-order valence-electron chi connectivity index (χ1n) is 9.60. The zero-order valence-electron chi connectivity index (χ0n) is 17.1. The molecule has 0 aliphatic carbocycles. The van der Waals surface area contributed by atoms with E-state index in [2.05, 4.69) is 84.6 Å². The van der Waals surface area contributed by atoms with E-state index in [1.54, 1.807) is 5.57 Å². The van der Waals surface area contributed by atoms with Crippen molar-refractivity contribution in [2.24, 2.45) is 11.8 Å². The Bertz CT molecular complexity index is 452. The summed E-state index contributed by atoms with van der Waals surface area (Å²) < 4.78 is 0. The number of hydrogen-bond acceptors (Lipinski definition) is 0. The smallest absolute Gasteiger partial charge is 0.0164 e. The Labute approximate surface area is 152 Å². The molecule has 2 atom stereocenters. The van der Waals surface area contributed by atoms with Crippen molar-refractivity contribution in [1.29, 1.82) is 0 Å². The SMILES string of the molecule is C=C[C@H](C)CC[C@H](C/C=C(\C)CC/C=C/C)/C(C)=C/CC=C(C)C. The number of hydrogen-bond donors (Lipinski definition) is 0. The van der Waals surface area contributed by atoms with Gasteiger partial charge in [-0.2, -0.15) is 0 Å². The van der Waals surface area contributed by atoms with Crippen LogP contribution in [0.1, 0.15) is 80.1 Å². The van der Waals surface area contributed by atoms with E-state index in [4.69, 9.17) is 0 Å². The van der Waals surface area contributed by atoms with Crippen LogP contribution in [0.3, 0.4) is 0 Å². The third-order valence-electron chi connectivity index (χ3n) is 4.67. The quantitative estimate of drug-likeness (QED) is 0.317. The molecule has 0 unspecified atom stereocenters. The first-order chi connectivity index (χ1) is 11.4. The van der Waals surface area contributed by atoms with Crippen molar-refractivity contribution < 1.29 is 0 Å². The van der Waals surface area contributed by atoms with Crippen molar-refractivity contribution >= 4 is 0 Å². The fourth-order valence-electron chi connectivity index (χ4n) is 2.68. The van der Waals surface area contributed by atoms with E-state index in [0.29, 0.717) is 11.8 Å². The molecule has 0 N–H and O–H groups in total. The molecule has 0 aromatic carbocycles. The van der Waals surface area contributed by atoms with Crippen LogP contribution < -0.4 is 0 Å². The lowest BCUT2D eigenvalue weighted by atomic mass is 9.87. The predicted molar refractivity (Wildman–Crippen MR) is 112 cm³/mol. The highest BCUT2D eigenvalue weighted by molar-refractivity contribution is 5.11. The van der Waals surface area contributed by atoms with Gasteiger partial charge in [0.1, 0.15) is 0 Å². The summed E-state index contributed by atoms with van der Waals surface area (Å²) in [4.78, 5) is 0. The van der Waals surface area contributed by atoms with E-state index in [9.17, 15) is 0 Å². The van der Waals surface area contributed by atoms with Crippen LogP contribution in [0, 0.1) is 11.8 Å². The van der Waals surface area contributed by atoms with Gasteiger partial charge in [0, 0.05) is 0 Å². The highest BCUT2D eigenvalue weighted by atomic mass is 14.2. The van der Waals surface area contributed by atoms with Crippen LogP contribution >= 0.6 is 0 Å². The molecule has 0 saturated heterocycles. The van der Waals surface area contributed by atoms with E-state index in [0.717, 1.165) is 12.8 Å². The van der Waals surface area contributed by atoms with Gasteiger partial charge < -0.3 is 0 Å². The van der Waals surface area contributed by atoms with Gasteiger partial charge in [-0.15, -0.1) is 6.58 Å². The molecule has 0 amide bonds. The van der Waals surface area contributed by atoms with Crippen LogP contribution in [0.2, 0.25) is 0 Å². The van der Waals surface area contributed by atoms with E-state index >= 15 is 0 Å². The molecule has 0 saturated carbocycles. The molecule has 0 rings (SSSR count). The third-order valence-corrected chi connectivity index (χ3v) is 4.67. The zero-order chi connectivity index (χ0) is 18.4. The van der Waals surface area contributed by atoms with Gasteiger partial charge in [-0.1, -0.05) is 60.1 Å². The van der Waals surface area contributed by atoms with Gasteiger partial charge in [-0.05, 0) is 85.0 Å². The van der Waals surface area contributed by atoms with E-state index < -0.39 is 0 Å². The first kappa shape index (κ1) is 22.7. The second kappa shape index (κ2) is 14.1. The largest absolute Gasteiger partial charge is 0.103 e.